The van der Waals surface area contributed by atoms with Crippen molar-refractivity contribution in [3.8, 4) is 5.75 Å². The number of ether oxygens (including phenoxy) is 1. The second-order valence-electron chi connectivity index (χ2n) is 9.57. The summed E-state index contributed by atoms with van der Waals surface area (Å²) in [6.45, 7) is 3.99. The van der Waals surface area contributed by atoms with Gasteiger partial charge < -0.3 is 15.0 Å². The Bertz CT molecular complexity index is 1050. The summed E-state index contributed by atoms with van der Waals surface area (Å²) in [5, 5.41) is 14.3. The standard InChI is InChI=1S/C25H29N3O4/c1-17-5-7-20(22(15-17)27-13-11-25(9-10-25)12-14-27)24(29)26-18-6-8-21(28(30)31)23(16-18)32-19-3-2-4-19/h5-8,15-16,19H,2-4,9-14H2,1H3,(H,26,29). The number of nitro groups is 1. The van der Waals surface area contributed by atoms with Gasteiger partial charge in [-0.15, -0.1) is 0 Å². The summed E-state index contributed by atoms with van der Waals surface area (Å²) in [7, 11) is 0. The van der Waals surface area contributed by atoms with Gasteiger partial charge in [0.05, 0.1) is 16.6 Å². The molecule has 1 amide bonds. The molecule has 0 unspecified atom stereocenters. The number of nitro benzene ring substituents is 1. The van der Waals surface area contributed by atoms with E-state index in [1.165, 1.54) is 31.7 Å². The molecule has 1 spiro atoms. The molecular formula is C25H29N3O4. The second-order valence-corrected chi connectivity index (χ2v) is 9.57. The van der Waals surface area contributed by atoms with Crippen molar-refractivity contribution >= 4 is 23.0 Å². The molecule has 0 atom stereocenters. The van der Waals surface area contributed by atoms with Crippen molar-refractivity contribution in [1.29, 1.82) is 0 Å². The van der Waals surface area contributed by atoms with Crippen LogP contribution >= 0.6 is 0 Å². The van der Waals surface area contributed by atoms with Gasteiger partial charge in [0.15, 0.2) is 5.75 Å². The van der Waals surface area contributed by atoms with Crippen molar-refractivity contribution in [2.45, 2.75) is 58.0 Å². The zero-order valence-corrected chi connectivity index (χ0v) is 18.4. The van der Waals surface area contributed by atoms with Gasteiger partial charge in [-0.3, -0.25) is 14.9 Å². The molecule has 3 fully saturated rings. The van der Waals surface area contributed by atoms with Crippen molar-refractivity contribution in [1.82, 2.24) is 0 Å². The molecule has 3 aliphatic rings. The average molecular weight is 436 g/mol. The molecule has 5 rings (SSSR count). The first kappa shape index (κ1) is 20.8. The number of benzene rings is 2. The number of anilines is 2. The third-order valence-corrected chi connectivity index (χ3v) is 7.28. The number of hydrogen-bond donors (Lipinski definition) is 1. The lowest BCUT2D eigenvalue weighted by atomic mass is 9.92. The molecule has 168 valence electrons. The van der Waals surface area contributed by atoms with Crippen LogP contribution in [0.3, 0.4) is 0 Å². The van der Waals surface area contributed by atoms with E-state index in [2.05, 4.69) is 16.3 Å². The molecule has 1 heterocycles. The van der Waals surface area contributed by atoms with E-state index in [9.17, 15) is 14.9 Å². The number of nitrogens with one attached hydrogen (secondary N) is 1. The number of carbonyl (C=O) groups excluding carboxylic acids is 1. The summed E-state index contributed by atoms with van der Waals surface area (Å²) in [5.41, 5.74) is 3.70. The topological polar surface area (TPSA) is 84.7 Å². The fraction of sp³-hybridized carbons (Fsp3) is 0.480. The van der Waals surface area contributed by atoms with E-state index in [4.69, 9.17) is 4.74 Å². The van der Waals surface area contributed by atoms with Crippen LogP contribution in [0.1, 0.15) is 60.9 Å². The summed E-state index contributed by atoms with van der Waals surface area (Å²) in [5.74, 6) is 0.00236. The Balaban J connectivity index is 1.36. The molecule has 2 aromatic carbocycles. The van der Waals surface area contributed by atoms with Crippen molar-refractivity contribution in [2.75, 3.05) is 23.3 Å². The van der Waals surface area contributed by atoms with Gasteiger partial charge in [0, 0.05) is 36.6 Å². The summed E-state index contributed by atoms with van der Waals surface area (Å²) in [6.07, 6.45) is 7.94. The molecule has 2 saturated carbocycles. The highest BCUT2D eigenvalue weighted by atomic mass is 16.6. The summed E-state index contributed by atoms with van der Waals surface area (Å²) in [4.78, 5) is 26.5. The number of aryl methyl sites for hydroxylation is 1. The van der Waals surface area contributed by atoms with E-state index in [0.717, 1.165) is 43.6 Å². The fourth-order valence-corrected chi connectivity index (χ4v) is 4.70. The van der Waals surface area contributed by atoms with E-state index in [1.54, 1.807) is 12.1 Å². The van der Waals surface area contributed by atoms with Crippen LogP contribution in [0.15, 0.2) is 36.4 Å². The number of carbonyl (C=O) groups is 1. The SMILES string of the molecule is Cc1ccc(C(=O)Nc2ccc([N+](=O)[O-])c(OC3CCC3)c2)c(N2CCC3(CC2)CC3)c1. The first-order chi connectivity index (χ1) is 15.4. The van der Waals surface area contributed by atoms with Gasteiger partial charge in [0.2, 0.25) is 0 Å². The normalized spacial score (nSPS) is 19.3. The van der Waals surface area contributed by atoms with Crippen molar-refractivity contribution in [3.63, 3.8) is 0 Å². The van der Waals surface area contributed by atoms with Crippen LogP contribution in [0.5, 0.6) is 5.75 Å². The Morgan fingerprint density at radius 2 is 1.88 bits per heavy atom. The first-order valence-electron chi connectivity index (χ1n) is 11.5. The first-order valence-corrected chi connectivity index (χ1v) is 11.5. The van der Waals surface area contributed by atoms with Crippen molar-refractivity contribution in [2.24, 2.45) is 5.41 Å². The predicted octanol–water partition coefficient (Wildman–Crippen LogP) is 5.47. The van der Waals surface area contributed by atoms with E-state index in [-0.39, 0.29) is 23.4 Å². The number of piperidine rings is 1. The zero-order valence-electron chi connectivity index (χ0n) is 18.4. The molecule has 0 radical (unpaired) electrons. The zero-order chi connectivity index (χ0) is 22.3. The smallest absolute Gasteiger partial charge is 0.311 e. The lowest BCUT2D eigenvalue weighted by molar-refractivity contribution is -0.386. The van der Waals surface area contributed by atoms with E-state index < -0.39 is 4.92 Å². The summed E-state index contributed by atoms with van der Waals surface area (Å²) in [6, 6.07) is 10.4. The van der Waals surface area contributed by atoms with Crippen LogP contribution in [-0.2, 0) is 0 Å². The van der Waals surface area contributed by atoms with Gasteiger partial charge in [0.1, 0.15) is 0 Å². The quantitative estimate of drug-likeness (QED) is 0.481. The third kappa shape index (κ3) is 4.16. The average Bonchev–Trinajstić information content (AvgIpc) is 3.50. The van der Waals surface area contributed by atoms with Crippen LogP contribution in [0.2, 0.25) is 0 Å². The second kappa shape index (κ2) is 8.11. The Kier molecular flexibility index (Phi) is 5.27. The highest BCUT2D eigenvalue weighted by molar-refractivity contribution is 6.08. The molecule has 32 heavy (non-hydrogen) atoms. The lowest BCUT2D eigenvalue weighted by Gasteiger charge is -2.35. The fourth-order valence-electron chi connectivity index (χ4n) is 4.70. The molecule has 1 N–H and O–H groups in total. The molecule has 0 aromatic heterocycles. The maximum atomic E-state index is 13.2. The maximum Gasteiger partial charge on any atom is 0.311 e. The Labute approximate surface area is 187 Å². The number of amides is 1. The van der Waals surface area contributed by atoms with Gasteiger partial charge in [-0.2, -0.15) is 0 Å². The predicted molar refractivity (Wildman–Crippen MR) is 124 cm³/mol. The molecule has 2 aliphatic carbocycles. The molecule has 2 aromatic rings. The van der Waals surface area contributed by atoms with E-state index >= 15 is 0 Å². The summed E-state index contributed by atoms with van der Waals surface area (Å²) >= 11 is 0. The highest BCUT2D eigenvalue weighted by Gasteiger charge is 2.44. The number of nitrogens with zero attached hydrogens (tertiary/aromatic N) is 2. The minimum Gasteiger partial charge on any atom is -0.483 e. The minimum atomic E-state index is -0.444. The molecule has 0 bridgehead atoms. The molecule has 1 saturated heterocycles. The van der Waals surface area contributed by atoms with Gasteiger partial charge in [-0.05, 0) is 81.0 Å². The number of hydrogen-bond acceptors (Lipinski definition) is 5. The Hall–Kier alpha value is -3.09. The molecule has 1 aliphatic heterocycles. The van der Waals surface area contributed by atoms with Crippen LogP contribution in [-0.4, -0.2) is 30.0 Å². The molecule has 7 heteroatoms. The van der Waals surface area contributed by atoms with Gasteiger partial charge in [-0.1, -0.05) is 6.07 Å². The highest BCUT2D eigenvalue weighted by Crippen LogP contribution is 2.54. The molecule has 7 nitrogen and oxygen atoms in total. The van der Waals surface area contributed by atoms with E-state index in [1.807, 2.05) is 19.1 Å². The van der Waals surface area contributed by atoms with Crippen LogP contribution in [0.4, 0.5) is 17.1 Å². The lowest BCUT2D eigenvalue weighted by Crippen LogP contribution is -2.35. The Morgan fingerprint density at radius 1 is 1.12 bits per heavy atom. The monoisotopic (exact) mass is 435 g/mol. The van der Waals surface area contributed by atoms with Crippen LogP contribution in [0.25, 0.3) is 0 Å². The summed E-state index contributed by atoms with van der Waals surface area (Å²) < 4.78 is 5.83. The van der Waals surface area contributed by atoms with Crippen molar-refractivity contribution in [3.05, 3.63) is 57.6 Å². The van der Waals surface area contributed by atoms with E-state index in [0.29, 0.717) is 16.7 Å². The Morgan fingerprint density at radius 3 is 2.50 bits per heavy atom. The van der Waals surface area contributed by atoms with Crippen molar-refractivity contribution < 1.29 is 14.5 Å². The molecular weight excluding hydrogens is 406 g/mol. The van der Waals surface area contributed by atoms with Gasteiger partial charge in [0.25, 0.3) is 5.91 Å². The van der Waals surface area contributed by atoms with Crippen LogP contribution < -0.4 is 15.0 Å². The van der Waals surface area contributed by atoms with Crippen LogP contribution in [0, 0.1) is 22.5 Å². The van der Waals surface area contributed by atoms with Gasteiger partial charge in [-0.25, -0.2) is 0 Å². The number of rotatable bonds is 6. The van der Waals surface area contributed by atoms with Gasteiger partial charge >= 0.3 is 5.69 Å². The maximum absolute atomic E-state index is 13.2. The largest absolute Gasteiger partial charge is 0.483 e. The third-order valence-electron chi connectivity index (χ3n) is 7.28. The minimum absolute atomic E-state index is 0.0113.